The summed E-state index contributed by atoms with van der Waals surface area (Å²) in [6, 6.07) is 14.6. The third kappa shape index (κ3) is 3.61. The molecule has 0 atom stereocenters. The Balaban J connectivity index is 1.86. The summed E-state index contributed by atoms with van der Waals surface area (Å²) in [5.41, 5.74) is 9.44. The van der Waals surface area contributed by atoms with Gasteiger partial charge in [0.25, 0.3) is 0 Å². The Morgan fingerprint density at radius 1 is 0.667 bits per heavy atom. The fourth-order valence-electron chi connectivity index (χ4n) is 4.10. The molecule has 0 aliphatic heterocycles. The molecule has 0 nitrogen and oxygen atoms in total. The maximum atomic E-state index is 2.49. The van der Waals surface area contributed by atoms with Crippen molar-refractivity contribution in [2.75, 3.05) is 0 Å². The number of benzene rings is 2. The number of rotatable bonds is 2. The monoisotopic (exact) mass is 432 g/mol. The Labute approximate surface area is 176 Å². The molecule has 0 amide bonds. The van der Waals surface area contributed by atoms with Crippen LogP contribution in [0.2, 0.25) is 3.63 Å². The van der Waals surface area contributed by atoms with Gasteiger partial charge in [0.05, 0.1) is 0 Å². The van der Waals surface area contributed by atoms with Gasteiger partial charge in [-0.05, 0) is 0 Å². The first-order valence-electron chi connectivity index (χ1n) is 10.0. The van der Waals surface area contributed by atoms with E-state index in [1.807, 2.05) is 0 Å². The van der Waals surface area contributed by atoms with Crippen molar-refractivity contribution in [1.82, 2.24) is 0 Å². The SMILES string of the molecule is CC(C)(C)c1ccc2c(c1)-c1cc(C(C)(C)C)ccc1[CH]2[Zr][CH]1C=CC=C1. The van der Waals surface area contributed by atoms with Gasteiger partial charge in [-0.2, -0.15) is 0 Å². The second-order valence-corrected chi connectivity index (χ2v) is 13.9. The van der Waals surface area contributed by atoms with Gasteiger partial charge >= 0.3 is 177 Å². The van der Waals surface area contributed by atoms with Crippen LogP contribution in [0.5, 0.6) is 0 Å². The van der Waals surface area contributed by atoms with E-state index in [4.69, 9.17) is 0 Å². The molecule has 1 heteroatoms. The number of allylic oxidation sites excluding steroid dienone is 4. The Kier molecular flexibility index (Phi) is 4.75. The average Bonchev–Trinajstić information content (AvgIpc) is 3.20. The first-order valence-corrected chi connectivity index (χ1v) is 12.9. The van der Waals surface area contributed by atoms with Crippen molar-refractivity contribution in [3.63, 3.8) is 0 Å². The van der Waals surface area contributed by atoms with Crippen LogP contribution in [0.25, 0.3) is 11.1 Å². The molecule has 0 N–H and O–H groups in total. The summed E-state index contributed by atoms with van der Waals surface area (Å²) in [7, 11) is 0. The zero-order chi connectivity index (χ0) is 19.4. The number of hydrogen-bond donors (Lipinski definition) is 0. The van der Waals surface area contributed by atoms with E-state index in [1.54, 1.807) is 11.1 Å². The van der Waals surface area contributed by atoms with Gasteiger partial charge in [0.15, 0.2) is 0 Å². The van der Waals surface area contributed by atoms with E-state index in [1.165, 1.54) is 22.3 Å². The molecule has 4 rings (SSSR count). The zero-order valence-electron chi connectivity index (χ0n) is 17.4. The minimum atomic E-state index is -0.652. The van der Waals surface area contributed by atoms with Crippen molar-refractivity contribution in [3.8, 4) is 11.1 Å². The molecule has 0 aromatic heterocycles. The van der Waals surface area contributed by atoms with Crippen molar-refractivity contribution in [3.05, 3.63) is 83.0 Å². The van der Waals surface area contributed by atoms with E-state index in [9.17, 15) is 0 Å². The molecular weight excluding hydrogens is 404 g/mol. The van der Waals surface area contributed by atoms with Crippen molar-refractivity contribution in [2.24, 2.45) is 0 Å². The number of hydrogen-bond acceptors (Lipinski definition) is 0. The Morgan fingerprint density at radius 3 is 1.52 bits per heavy atom. The molecule has 138 valence electrons. The molecule has 2 aromatic carbocycles. The molecular formula is C26H30Zr. The van der Waals surface area contributed by atoms with E-state index in [0.29, 0.717) is 3.63 Å². The quantitative estimate of drug-likeness (QED) is 0.464. The summed E-state index contributed by atoms with van der Waals surface area (Å²) < 4.78 is 1.39. The van der Waals surface area contributed by atoms with Crippen LogP contribution in [0.15, 0.2) is 60.7 Å². The summed E-state index contributed by atoms with van der Waals surface area (Å²) in [5, 5.41) is 0. The van der Waals surface area contributed by atoms with Crippen LogP contribution in [0.1, 0.15) is 67.4 Å². The van der Waals surface area contributed by atoms with Crippen LogP contribution < -0.4 is 0 Å². The van der Waals surface area contributed by atoms with Crippen molar-refractivity contribution >= 4 is 0 Å². The number of fused-ring (bicyclic) bond motifs is 3. The molecule has 2 aliphatic carbocycles. The van der Waals surface area contributed by atoms with Crippen molar-refractivity contribution in [1.29, 1.82) is 0 Å². The third-order valence-corrected chi connectivity index (χ3v) is 10.1. The standard InChI is InChI=1S/C21H25.C5H5.Zr/c1-20(2,3)16-9-7-14-11-15-8-10-17(21(4,5)6)13-19(15)18(14)12-16;1-2-4-5-3-1;/h7-13H,1-6H3;1-5H;. The van der Waals surface area contributed by atoms with Gasteiger partial charge in [0.2, 0.25) is 0 Å². The van der Waals surface area contributed by atoms with Crippen LogP contribution >= 0.6 is 0 Å². The topological polar surface area (TPSA) is 0 Å². The fraction of sp³-hybridized carbons (Fsp3) is 0.385. The van der Waals surface area contributed by atoms with E-state index in [2.05, 4.69) is 102 Å². The van der Waals surface area contributed by atoms with E-state index in [0.717, 1.165) is 3.63 Å². The second-order valence-electron chi connectivity index (χ2n) is 10.00. The first kappa shape index (κ1) is 19.1. The first-order chi connectivity index (χ1) is 12.6. The van der Waals surface area contributed by atoms with Gasteiger partial charge in [0, 0.05) is 0 Å². The molecule has 0 fully saturated rings. The average molecular weight is 434 g/mol. The molecule has 0 bridgehead atoms. The van der Waals surface area contributed by atoms with E-state index < -0.39 is 23.2 Å². The predicted molar refractivity (Wildman–Crippen MR) is 113 cm³/mol. The summed E-state index contributed by atoms with van der Waals surface area (Å²) in [6.45, 7) is 13.9. The normalized spacial score (nSPS) is 16.7. The van der Waals surface area contributed by atoms with Crippen LogP contribution in [0.3, 0.4) is 0 Å². The summed E-state index contributed by atoms with van der Waals surface area (Å²) in [4.78, 5) is 0. The fourth-order valence-corrected chi connectivity index (χ4v) is 8.26. The van der Waals surface area contributed by atoms with Gasteiger partial charge in [0.1, 0.15) is 0 Å². The van der Waals surface area contributed by atoms with Crippen molar-refractivity contribution < 1.29 is 23.2 Å². The van der Waals surface area contributed by atoms with Gasteiger partial charge in [-0.15, -0.1) is 0 Å². The van der Waals surface area contributed by atoms with Crippen LogP contribution in [0.4, 0.5) is 0 Å². The van der Waals surface area contributed by atoms with Crippen LogP contribution in [-0.2, 0) is 34.1 Å². The van der Waals surface area contributed by atoms with Gasteiger partial charge in [-0.1, -0.05) is 0 Å². The molecule has 0 unspecified atom stereocenters. The zero-order valence-corrected chi connectivity index (χ0v) is 19.9. The molecule has 2 aromatic rings. The third-order valence-electron chi connectivity index (χ3n) is 5.86. The Morgan fingerprint density at radius 2 is 1.11 bits per heavy atom. The summed E-state index contributed by atoms with van der Waals surface area (Å²) in [6.07, 6.45) is 9.29. The summed E-state index contributed by atoms with van der Waals surface area (Å²) in [5.74, 6) is 0. The second kappa shape index (κ2) is 6.70. The Hall–Kier alpha value is -1.20. The molecule has 0 saturated heterocycles. The summed E-state index contributed by atoms with van der Waals surface area (Å²) >= 11 is -0.652. The molecule has 27 heavy (non-hydrogen) atoms. The molecule has 0 spiro atoms. The van der Waals surface area contributed by atoms with E-state index >= 15 is 0 Å². The van der Waals surface area contributed by atoms with E-state index in [-0.39, 0.29) is 10.8 Å². The predicted octanol–water partition coefficient (Wildman–Crippen LogP) is 7.35. The molecule has 0 heterocycles. The van der Waals surface area contributed by atoms with Gasteiger partial charge in [-0.25, -0.2) is 0 Å². The van der Waals surface area contributed by atoms with Crippen LogP contribution in [-0.4, -0.2) is 0 Å². The maximum absolute atomic E-state index is 2.49. The molecule has 2 aliphatic rings. The van der Waals surface area contributed by atoms with Crippen LogP contribution in [0, 0.1) is 0 Å². The molecule has 0 saturated carbocycles. The van der Waals surface area contributed by atoms with Gasteiger partial charge in [-0.3, -0.25) is 0 Å². The van der Waals surface area contributed by atoms with Gasteiger partial charge < -0.3 is 0 Å². The minimum absolute atomic E-state index is 0.186. The van der Waals surface area contributed by atoms with Crippen molar-refractivity contribution in [2.45, 2.75) is 59.6 Å². The molecule has 0 radical (unpaired) electrons. The Bertz CT molecular complexity index is 856.